The fourth-order valence-electron chi connectivity index (χ4n) is 2.38. The summed E-state index contributed by atoms with van der Waals surface area (Å²) in [7, 11) is 0. The molecule has 0 amide bonds. The number of anilines is 2. The minimum Gasteiger partial charge on any atom is -0.370 e. The number of nitrogens with one attached hydrogen (secondary N) is 2. The molecule has 0 bridgehead atoms. The Bertz CT molecular complexity index is 686. The van der Waals surface area contributed by atoms with Crippen molar-refractivity contribution in [1.29, 1.82) is 0 Å². The zero-order chi connectivity index (χ0) is 17.5. The molecule has 2 aromatic carbocycles. The molecule has 0 aliphatic rings. The molecule has 0 aliphatic heterocycles. The summed E-state index contributed by atoms with van der Waals surface area (Å²) in [6.07, 6.45) is 0. The van der Waals surface area contributed by atoms with Gasteiger partial charge in [0.05, 0.1) is 0 Å². The van der Waals surface area contributed by atoms with Gasteiger partial charge in [-0.3, -0.25) is 0 Å². The van der Waals surface area contributed by atoms with Gasteiger partial charge in [-0.1, -0.05) is 35.4 Å². The molecule has 0 heterocycles. The van der Waals surface area contributed by atoms with Crippen LogP contribution in [0.2, 0.25) is 5.02 Å². The predicted molar refractivity (Wildman–Crippen MR) is 109 cm³/mol. The first-order chi connectivity index (χ1) is 11.5. The van der Waals surface area contributed by atoms with Crippen molar-refractivity contribution < 1.29 is 0 Å². The van der Waals surface area contributed by atoms with Gasteiger partial charge >= 0.3 is 0 Å². The van der Waals surface area contributed by atoms with E-state index in [0.29, 0.717) is 5.11 Å². The van der Waals surface area contributed by atoms with Crippen LogP contribution >= 0.6 is 23.8 Å². The highest BCUT2D eigenvalue weighted by atomic mass is 35.5. The van der Waals surface area contributed by atoms with Gasteiger partial charge in [0.2, 0.25) is 0 Å². The Morgan fingerprint density at radius 1 is 1.12 bits per heavy atom. The van der Waals surface area contributed by atoms with Crippen LogP contribution in [-0.4, -0.2) is 24.7 Å². The van der Waals surface area contributed by atoms with Crippen LogP contribution < -0.4 is 15.5 Å². The second-order valence-electron chi connectivity index (χ2n) is 5.76. The lowest BCUT2D eigenvalue weighted by molar-refractivity contribution is 0.779. The number of rotatable bonds is 6. The van der Waals surface area contributed by atoms with E-state index in [2.05, 4.69) is 53.6 Å². The first-order valence-corrected chi connectivity index (χ1v) is 8.91. The summed E-state index contributed by atoms with van der Waals surface area (Å²) < 4.78 is 0. The van der Waals surface area contributed by atoms with E-state index in [-0.39, 0.29) is 0 Å². The van der Waals surface area contributed by atoms with E-state index < -0.39 is 0 Å². The lowest BCUT2D eigenvalue weighted by atomic mass is 10.2. The zero-order valence-electron chi connectivity index (χ0n) is 14.4. The molecular formula is C19H24ClN3S. The highest BCUT2D eigenvalue weighted by Gasteiger charge is 2.05. The maximum absolute atomic E-state index is 6.13. The summed E-state index contributed by atoms with van der Waals surface area (Å²) in [5.74, 6) is 0. The number of hydrogen-bond acceptors (Lipinski definition) is 2. The fourth-order valence-corrected chi connectivity index (χ4v) is 2.78. The molecule has 2 aromatic rings. The molecule has 2 N–H and O–H groups in total. The van der Waals surface area contributed by atoms with Crippen molar-refractivity contribution in [2.75, 3.05) is 29.9 Å². The SMILES string of the molecule is CCN(CCNC(=S)Nc1ccc(C)c(Cl)c1)c1ccc(C)cc1. The number of likely N-dealkylation sites (N-methyl/N-ethyl adjacent to an activating group) is 1. The lowest BCUT2D eigenvalue weighted by Crippen LogP contribution is -2.36. The van der Waals surface area contributed by atoms with Crippen LogP contribution in [0.3, 0.4) is 0 Å². The lowest BCUT2D eigenvalue weighted by Gasteiger charge is -2.24. The van der Waals surface area contributed by atoms with Crippen LogP contribution in [0.15, 0.2) is 42.5 Å². The number of nitrogens with zero attached hydrogens (tertiary/aromatic N) is 1. The van der Waals surface area contributed by atoms with Crippen molar-refractivity contribution in [1.82, 2.24) is 5.32 Å². The van der Waals surface area contributed by atoms with Gasteiger partial charge in [-0.2, -0.15) is 0 Å². The molecule has 0 saturated heterocycles. The number of hydrogen-bond donors (Lipinski definition) is 2. The van der Waals surface area contributed by atoms with Crippen LogP contribution in [0.5, 0.6) is 0 Å². The Kier molecular flexibility index (Phi) is 6.88. The van der Waals surface area contributed by atoms with Crippen molar-refractivity contribution in [2.45, 2.75) is 20.8 Å². The van der Waals surface area contributed by atoms with Gasteiger partial charge in [-0.25, -0.2) is 0 Å². The summed E-state index contributed by atoms with van der Waals surface area (Å²) in [6, 6.07) is 14.4. The molecule has 0 spiro atoms. The Hall–Kier alpha value is -1.78. The quantitative estimate of drug-likeness (QED) is 0.725. The minimum absolute atomic E-state index is 0.606. The molecule has 0 aromatic heterocycles. The van der Waals surface area contributed by atoms with Crippen molar-refractivity contribution in [3.63, 3.8) is 0 Å². The standard InChI is InChI=1S/C19H24ClN3S/c1-4-23(17-9-5-14(2)6-10-17)12-11-21-19(24)22-16-8-7-15(3)18(20)13-16/h5-10,13H,4,11-12H2,1-3H3,(H2,21,22,24). The van der Waals surface area contributed by atoms with E-state index in [1.54, 1.807) is 0 Å². The molecular weight excluding hydrogens is 338 g/mol. The van der Waals surface area contributed by atoms with Gasteiger partial charge in [0.1, 0.15) is 0 Å². The molecule has 0 aliphatic carbocycles. The van der Waals surface area contributed by atoms with E-state index >= 15 is 0 Å². The highest BCUT2D eigenvalue weighted by Crippen LogP contribution is 2.19. The first kappa shape index (κ1) is 18.6. The minimum atomic E-state index is 0.606. The third kappa shape index (κ3) is 5.39. The molecule has 2 rings (SSSR count). The number of aryl methyl sites for hydroxylation is 2. The second-order valence-corrected chi connectivity index (χ2v) is 6.58. The Balaban J connectivity index is 1.82. The molecule has 5 heteroatoms. The average molecular weight is 362 g/mol. The maximum Gasteiger partial charge on any atom is 0.170 e. The number of thiocarbonyl (C=S) groups is 1. The molecule has 128 valence electrons. The molecule has 3 nitrogen and oxygen atoms in total. The third-order valence-corrected chi connectivity index (χ3v) is 4.53. The van der Waals surface area contributed by atoms with E-state index in [9.17, 15) is 0 Å². The molecule has 0 atom stereocenters. The smallest absolute Gasteiger partial charge is 0.170 e. The normalized spacial score (nSPS) is 10.3. The van der Waals surface area contributed by atoms with Crippen LogP contribution in [0, 0.1) is 13.8 Å². The van der Waals surface area contributed by atoms with Crippen LogP contribution in [0.4, 0.5) is 11.4 Å². The van der Waals surface area contributed by atoms with Gasteiger partial charge in [0.15, 0.2) is 5.11 Å². The monoisotopic (exact) mass is 361 g/mol. The predicted octanol–water partition coefficient (Wildman–Crippen LogP) is 4.77. The topological polar surface area (TPSA) is 27.3 Å². The summed E-state index contributed by atoms with van der Waals surface area (Å²) >= 11 is 11.5. The first-order valence-electron chi connectivity index (χ1n) is 8.12. The van der Waals surface area contributed by atoms with Gasteiger partial charge in [0.25, 0.3) is 0 Å². The summed E-state index contributed by atoms with van der Waals surface area (Å²) in [6.45, 7) is 8.85. The fraction of sp³-hybridized carbons (Fsp3) is 0.316. The Morgan fingerprint density at radius 3 is 2.46 bits per heavy atom. The van der Waals surface area contributed by atoms with E-state index in [1.165, 1.54) is 11.3 Å². The Morgan fingerprint density at radius 2 is 1.83 bits per heavy atom. The van der Waals surface area contributed by atoms with E-state index in [1.807, 2.05) is 25.1 Å². The van der Waals surface area contributed by atoms with Crippen LogP contribution in [0.25, 0.3) is 0 Å². The van der Waals surface area contributed by atoms with Crippen LogP contribution in [0.1, 0.15) is 18.1 Å². The number of halogens is 1. The second kappa shape index (κ2) is 8.90. The van der Waals surface area contributed by atoms with E-state index in [0.717, 1.165) is 35.9 Å². The zero-order valence-corrected chi connectivity index (χ0v) is 16.0. The van der Waals surface area contributed by atoms with Crippen molar-refractivity contribution in [3.8, 4) is 0 Å². The van der Waals surface area contributed by atoms with Gasteiger partial charge in [0, 0.05) is 36.0 Å². The highest BCUT2D eigenvalue weighted by molar-refractivity contribution is 7.80. The van der Waals surface area contributed by atoms with E-state index in [4.69, 9.17) is 23.8 Å². The summed E-state index contributed by atoms with van der Waals surface area (Å²) in [4.78, 5) is 2.32. The van der Waals surface area contributed by atoms with Gasteiger partial charge < -0.3 is 15.5 Å². The average Bonchev–Trinajstić information content (AvgIpc) is 2.56. The van der Waals surface area contributed by atoms with Crippen molar-refractivity contribution >= 4 is 40.3 Å². The van der Waals surface area contributed by atoms with Crippen LogP contribution in [-0.2, 0) is 0 Å². The molecule has 0 fully saturated rings. The van der Waals surface area contributed by atoms with Gasteiger partial charge in [-0.15, -0.1) is 0 Å². The molecule has 0 radical (unpaired) electrons. The molecule has 24 heavy (non-hydrogen) atoms. The molecule has 0 saturated carbocycles. The maximum atomic E-state index is 6.13. The summed E-state index contributed by atoms with van der Waals surface area (Å²) in [5.41, 5.74) is 4.45. The largest absolute Gasteiger partial charge is 0.370 e. The third-order valence-electron chi connectivity index (χ3n) is 3.88. The Labute approximate surface area is 155 Å². The van der Waals surface area contributed by atoms with Gasteiger partial charge in [-0.05, 0) is 62.8 Å². The number of benzene rings is 2. The van der Waals surface area contributed by atoms with Crippen molar-refractivity contribution in [2.24, 2.45) is 0 Å². The summed E-state index contributed by atoms with van der Waals surface area (Å²) in [5, 5.41) is 7.75. The van der Waals surface area contributed by atoms with Crippen molar-refractivity contribution in [3.05, 3.63) is 58.6 Å². The molecule has 0 unspecified atom stereocenters.